The molecule has 3 N–H and O–H groups in total. The van der Waals surface area contributed by atoms with Crippen LogP contribution in [0.1, 0.15) is 42.5 Å². The van der Waals surface area contributed by atoms with E-state index in [9.17, 15) is 9.59 Å². The lowest BCUT2D eigenvalue weighted by Crippen LogP contribution is -2.47. The molecule has 1 unspecified atom stereocenters. The van der Waals surface area contributed by atoms with Crippen LogP contribution in [0.3, 0.4) is 0 Å². The van der Waals surface area contributed by atoms with Gasteiger partial charge in [-0.05, 0) is 18.8 Å². The van der Waals surface area contributed by atoms with Crippen LogP contribution < -0.4 is 16.6 Å². The third kappa shape index (κ3) is 2.91. The predicted octanol–water partition coefficient (Wildman–Crippen LogP) is 1.39. The number of nitrogens with one attached hydrogen (secondary N) is 1. The van der Waals surface area contributed by atoms with E-state index in [4.69, 9.17) is 5.73 Å². The fourth-order valence-corrected chi connectivity index (χ4v) is 3.81. The molecule has 2 aromatic rings. The molecule has 118 valence electrons. The lowest BCUT2D eigenvalue weighted by atomic mass is 9.84. The zero-order valence-corrected chi connectivity index (χ0v) is 13.1. The topological polar surface area (TPSA) is 89.5 Å². The van der Waals surface area contributed by atoms with Gasteiger partial charge in [-0.2, -0.15) is 0 Å². The van der Waals surface area contributed by atoms with Crippen LogP contribution in [0.15, 0.2) is 22.6 Å². The lowest BCUT2D eigenvalue weighted by Gasteiger charge is -2.29. The van der Waals surface area contributed by atoms with Gasteiger partial charge in [-0.1, -0.05) is 19.3 Å². The molecule has 2 aromatic heterocycles. The summed E-state index contributed by atoms with van der Waals surface area (Å²) in [4.78, 5) is 29.5. The van der Waals surface area contributed by atoms with Gasteiger partial charge >= 0.3 is 0 Å². The monoisotopic (exact) mass is 320 g/mol. The molecule has 1 aliphatic rings. The van der Waals surface area contributed by atoms with Crippen LogP contribution in [0, 0.1) is 5.92 Å². The van der Waals surface area contributed by atoms with E-state index >= 15 is 0 Å². The lowest BCUT2D eigenvalue weighted by molar-refractivity contribution is 0.0913. The van der Waals surface area contributed by atoms with Gasteiger partial charge in [0.2, 0.25) is 0 Å². The maximum absolute atomic E-state index is 12.4. The molecule has 0 aliphatic heterocycles. The number of nitrogens with zero attached hydrogens (tertiary/aromatic N) is 2. The van der Waals surface area contributed by atoms with Crippen molar-refractivity contribution >= 4 is 22.2 Å². The minimum atomic E-state index is -0.376. The van der Waals surface area contributed by atoms with Crippen molar-refractivity contribution in [2.45, 2.75) is 38.1 Å². The normalized spacial score (nSPS) is 17.5. The Labute approximate surface area is 132 Å². The number of carbonyl (C=O) groups is 1. The maximum atomic E-state index is 12.4. The zero-order valence-electron chi connectivity index (χ0n) is 12.3. The minimum absolute atomic E-state index is 0.0737. The highest BCUT2D eigenvalue weighted by molar-refractivity contribution is 7.15. The number of nitrogens with two attached hydrogens (primary N) is 1. The van der Waals surface area contributed by atoms with Crippen molar-refractivity contribution in [1.82, 2.24) is 14.7 Å². The summed E-state index contributed by atoms with van der Waals surface area (Å²) >= 11 is 1.36. The SMILES string of the molecule is NCC(NC(=O)c1cnc2sccn2c1=O)C1CCCCC1. The van der Waals surface area contributed by atoms with Crippen molar-refractivity contribution in [3.05, 3.63) is 33.7 Å². The van der Waals surface area contributed by atoms with E-state index in [-0.39, 0.29) is 23.1 Å². The van der Waals surface area contributed by atoms with Crippen molar-refractivity contribution in [2.24, 2.45) is 11.7 Å². The minimum Gasteiger partial charge on any atom is -0.348 e. The van der Waals surface area contributed by atoms with E-state index in [1.54, 1.807) is 11.6 Å². The zero-order chi connectivity index (χ0) is 15.5. The average Bonchev–Trinajstić information content (AvgIpc) is 3.03. The molecule has 0 saturated heterocycles. The van der Waals surface area contributed by atoms with E-state index in [2.05, 4.69) is 10.3 Å². The number of hydrogen-bond acceptors (Lipinski definition) is 5. The third-order valence-corrected chi connectivity index (χ3v) is 5.15. The van der Waals surface area contributed by atoms with E-state index in [0.717, 1.165) is 12.8 Å². The summed E-state index contributed by atoms with van der Waals surface area (Å²) in [5, 5.41) is 4.71. The number of aromatic nitrogens is 2. The Balaban J connectivity index is 1.79. The molecule has 1 amide bonds. The quantitative estimate of drug-likeness (QED) is 0.891. The first-order chi connectivity index (χ1) is 10.7. The number of thiazole rings is 1. The Hall–Kier alpha value is -1.73. The first kappa shape index (κ1) is 15.2. The van der Waals surface area contributed by atoms with Gasteiger partial charge in [0.05, 0.1) is 0 Å². The average molecular weight is 320 g/mol. The molecule has 22 heavy (non-hydrogen) atoms. The molecule has 2 heterocycles. The Bertz CT molecular complexity index is 718. The van der Waals surface area contributed by atoms with Crippen LogP contribution in [-0.2, 0) is 0 Å². The fourth-order valence-electron chi connectivity index (χ4n) is 3.13. The molecule has 6 nitrogen and oxygen atoms in total. The standard InChI is InChI=1S/C15H20N4O2S/c16-8-12(10-4-2-1-3-5-10)18-13(20)11-9-17-15-19(14(11)21)6-7-22-15/h6-7,9-10,12H,1-5,8,16H2,(H,18,20). The second-order valence-electron chi connectivity index (χ2n) is 5.75. The molecule has 1 saturated carbocycles. The van der Waals surface area contributed by atoms with Crippen LogP contribution in [-0.4, -0.2) is 27.9 Å². The van der Waals surface area contributed by atoms with Crippen molar-refractivity contribution in [3.63, 3.8) is 0 Å². The van der Waals surface area contributed by atoms with Gasteiger partial charge in [-0.3, -0.25) is 14.0 Å². The van der Waals surface area contributed by atoms with E-state index in [0.29, 0.717) is 17.4 Å². The Kier molecular flexibility index (Phi) is 4.54. The van der Waals surface area contributed by atoms with Crippen LogP contribution in [0.4, 0.5) is 0 Å². The Morgan fingerprint density at radius 3 is 2.95 bits per heavy atom. The number of carbonyl (C=O) groups excluding carboxylic acids is 1. The fraction of sp³-hybridized carbons (Fsp3) is 0.533. The van der Waals surface area contributed by atoms with Crippen molar-refractivity contribution in [3.8, 4) is 0 Å². The molecule has 0 aromatic carbocycles. The van der Waals surface area contributed by atoms with Gasteiger partial charge in [0.15, 0.2) is 4.96 Å². The molecular weight excluding hydrogens is 300 g/mol. The predicted molar refractivity (Wildman–Crippen MR) is 86.2 cm³/mol. The van der Waals surface area contributed by atoms with E-state index < -0.39 is 0 Å². The van der Waals surface area contributed by atoms with Crippen molar-refractivity contribution in [2.75, 3.05) is 6.54 Å². The maximum Gasteiger partial charge on any atom is 0.271 e. The van der Waals surface area contributed by atoms with Crippen LogP contribution in [0.2, 0.25) is 0 Å². The first-order valence-electron chi connectivity index (χ1n) is 7.66. The molecule has 1 fully saturated rings. The van der Waals surface area contributed by atoms with Gasteiger partial charge in [-0.15, -0.1) is 11.3 Å². The van der Waals surface area contributed by atoms with E-state index in [1.807, 2.05) is 0 Å². The number of fused-ring (bicyclic) bond motifs is 1. The van der Waals surface area contributed by atoms with Gasteiger partial charge in [-0.25, -0.2) is 4.98 Å². The first-order valence-corrected chi connectivity index (χ1v) is 8.54. The van der Waals surface area contributed by atoms with Crippen LogP contribution in [0.5, 0.6) is 0 Å². The molecule has 0 spiro atoms. The summed E-state index contributed by atoms with van der Waals surface area (Å²) in [7, 11) is 0. The molecule has 1 atom stereocenters. The highest BCUT2D eigenvalue weighted by Gasteiger charge is 2.25. The second kappa shape index (κ2) is 6.58. The van der Waals surface area contributed by atoms with Gasteiger partial charge in [0, 0.05) is 30.4 Å². The largest absolute Gasteiger partial charge is 0.348 e. The summed E-state index contributed by atoms with van der Waals surface area (Å²) in [6.07, 6.45) is 8.78. The molecule has 7 heteroatoms. The molecular formula is C15H20N4O2S. The van der Waals surface area contributed by atoms with Gasteiger partial charge in [0.25, 0.3) is 11.5 Å². The summed E-state index contributed by atoms with van der Waals surface area (Å²) in [5.41, 5.74) is 5.57. The summed E-state index contributed by atoms with van der Waals surface area (Å²) < 4.78 is 1.40. The summed E-state index contributed by atoms with van der Waals surface area (Å²) in [6, 6.07) is -0.0737. The second-order valence-corrected chi connectivity index (χ2v) is 6.62. The van der Waals surface area contributed by atoms with Crippen LogP contribution >= 0.6 is 11.3 Å². The highest BCUT2D eigenvalue weighted by Crippen LogP contribution is 2.26. The smallest absolute Gasteiger partial charge is 0.271 e. The molecule has 0 radical (unpaired) electrons. The van der Waals surface area contributed by atoms with Gasteiger partial charge < -0.3 is 11.1 Å². The highest BCUT2D eigenvalue weighted by atomic mass is 32.1. The van der Waals surface area contributed by atoms with Crippen molar-refractivity contribution in [1.29, 1.82) is 0 Å². The number of rotatable bonds is 4. The van der Waals surface area contributed by atoms with Crippen LogP contribution in [0.25, 0.3) is 4.96 Å². The van der Waals surface area contributed by atoms with Gasteiger partial charge in [0.1, 0.15) is 5.56 Å². The molecule has 0 bridgehead atoms. The summed E-state index contributed by atoms with van der Waals surface area (Å²) in [6.45, 7) is 0.395. The van der Waals surface area contributed by atoms with E-state index in [1.165, 1.54) is 41.2 Å². The molecule has 3 rings (SSSR count). The number of amides is 1. The Morgan fingerprint density at radius 2 is 2.23 bits per heavy atom. The Morgan fingerprint density at radius 1 is 1.45 bits per heavy atom. The summed E-state index contributed by atoms with van der Waals surface area (Å²) in [5.74, 6) is 0.0300. The molecule has 1 aliphatic carbocycles. The number of hydrogen-bond donors (Lipinski definition) is 2. The third-order valence-electron chi connectivity index (χ3n) is 4.38. The van der Waals surface area contributed by atoms with Crippen molar-refractivity contribution < 1.29 is 4.79 Å².